The summed E-state index contributed by atoms with van der Waals surface area (Å²) in [5, 5.41) is 0. The molecule has 1 saturated heterocycles. The van der Waals surface area contributed by atoms with Crippen molar-refractivity contribution in [2.45, 2.75) is 33.1 Å². The van der Waals surface area contributed by atoms with Gasteiger partial charge in [-0.3, -0.25) is 0 Å². The molecule has 0 N–H and O–H groups in total. The van der Waals surface area contributed by atoms with Gasteiger partial charge in [-0.05, 0) is 34.7 Å². The summed E-state index contributed by atoms with van der Waals surface area (Å²) in [6, 6.07) is 2.02. The topological polar surface area (TPSA) is 29.0 Å². The van der Waals surface area contributed by atoms with Crippen LogP contribution in [0.1, 0.15) is 32.5 Å². The zero-order chi connectivity index (χ0) is 11.5. The molecule has 0 spiro atoms. The maximum absolute atomic E-state index is 4.62. The number of halogens is 1. The van der Waals surface area contributed by atoms with E-state index in [4.69, 9.17) is 0 Å². The molecule has 0 saturated carbocycles. The van der Waals surface area contributed by atoms with E-state index in [1.807, 2.05) is 6.07 Å². The third-order valence-corrected chi connectivity index (χ3v) is 3.36. The van der Waals surface area contributed by atoms with Gasteiger partial charge in [-0.25, -0.2) is 9.97 Å². The molecular formula is C12H18BrN3. The number of rotatable bonds is 3. The van der Waals surface area contributed by atoms with Crippen LogP contribution in [-0.2, 0) is 6.42 Å². The van der Waals surface area contributed by atoms with Gasteiger partial charge in [-0.1, -0.05) is 13.8 Å². The van der Waals surface area contributed by atoms with Crippen molar-refractivity contribution in [2.24, 2.45) is 5.92 Å². The zero-order valence-electron chi connectivity index (χ0n) is 9.91. The van der Waals surface area contributed by atoms with E-state index in [0.717, 1.165) is 48.1 Å². The molecule has 1 aromatic heterocycles. The van der Waals surface area contributed by atoms with Gasteiger partial charge in [0.05, 0.1) is 0 Å². The quantitative estimate of drug-likeness (QED) is 0.799. The van der Waals surface area contributed by atoms with Crippen molar-refractivity contribution in [2.75, 3.05) is 18.0 Å². The Morgan fingerprint density at radius 2 is 2.31 bits per heavy atom. The van der Waals surface area contributed by atoms with Crippen molar-refractivity contribution in [1.82, 2.24) is 9.97 Å². The van der Waals surface area contributed by atoms with Crippen molar-refractivity contribution in [1.29, 1.82) is 0 Å². The highest BCUT2D eigenvalue weighted by Crippen LogP contribution is 2.23. The normalized spacial score (nSPS) is 20.4. The van der Waals surface area contributed by atoms with Crippen molar-refractivity contribution in [3.63, 3.8) is 0 Å². The molecule has 2 rings (SSSR count). The molecular weight excluding hydrogens is 266 g/mol. The lowest BCUT2D eigenvalue weighted by Crippen LogP contribution is -2.21. The summed E-state index contributed by atoms with van der Waals surface area (Å²) in [5.74, 6) is 2.81. The average Bonchev–Trinajstić information content (AvgIpc) is 2.64. The highest BCUT2D eigenvalue weighted by Gasteiger charge is 2.20. The lowest BCUT2D eigenvalue weighted by molar-refractivity contribution is 0.658. The molecule has 1 aliphatic heterocycles. The SMILES string of the molecule is CCCc1nc(Br)cc(N2CCC(C)C2)n1. The smallest absolute Gasteiger partial charge is 0.133 e. The second-order valence-corrected chi connectivity index (χ2v) is 5.37. The predicted molar refractivity (Wildman–Crippen MR) is 69.7 cm³/mol. The monoisotopic (exact) mass is 283 g/mol. The van der Waals surface area contributed by atoms with Gasteiger partial charge in [-0.2, -0.15) is 0 Å². The van der Waals surface area contributed by atoms with Crippen LogP contribution in [0, 0.1) is 5.92 Å². The Labute approximate surface area is 105 Å². The summed E-state index contributed by atoms with van der Waals surface area (Å²) in [6.07, 6.45) is 3.31. The standard InChI is InChI=1S/C12H18BrN3/c1-3-4-11-14-10(13)7-12(15-11)16-6-5-9(2)8-16/h7,9H,3-6,8H2,1-2H3. The Morgan fingerprint density at radius 3 is 2.94 bits per heavy atom. The van der Waals surface area contributed by atoms with Crippen LogP contribution >= 0.6 is 15.9 Å². The van der Waals surface area contributed by atoms with E-state index in [-0.39, 0.29) is 0 Å². The van der Waals surface area contributed by atoms with E-state index in [2.05, 4.69) is 44.6 Å². The zero-order valence-corrected chi connectivity index (χ0v) is 11.5. The second-order valence-electron chi connectivity index (χ2n) is 4.55. The van der Waals surface area contributed by atoms with Gasteiger partial charge in [0, 0.05) is 25.6 Å². The molecule has 4 heteroatoms. The second kappa shape index (κ2) is 5.13. The predicted octanol–water partition coefficient (Wildman–Crippen LogP) is 3.04. The Kier molecular flexibility index (Phi) is 3.79. The average molecular weight is 284 g/mol. The van der Waals surface area contributed by atoms with Gasteiger partial charge >= 0.3 is 0 Å². The molecule has 1 atom stereocenters. The molecule has 3 nitrogen and oxygen atoms in total. The Hall–Kier alpha value is -0.640. The highest BCUT2D eigenvalue weighted by atomic mass is 79.9. The molecule has 2 heterocycles. The summed E-state index contributed by atoms with van der Waals surface area (Å²) in [7, 11) is 0. The molecule has 0 bridgehead atoms. The molecule has 1 aromatic rings. The van der Waals surface area contributed by atoms with Crippen molar-refractivity contribution in [3.05, 3.63) is 16.5 Å². The number of aryl methyl sites for hydroxylation is 1. The highest BCUT2D eigenvalue weighted by molar-refractivity contribution is 9.10. The minimum Gasteiger partial charge on any atom is -0.356 e. The van der Waals surface area contributed by atoms with E-state index in [9.17, 15) is 0 Å². The van der Waals surface area contributed by atoms with Gasteiger partial charge in [0.15, 0.2) is 0 Å². The summed E-state index contributed by atoms with van der Waals surface area (Å²) < 4.78 is 0.903. The summed E-state index contributed by atoms with van der Waals surface area (Å²) in [5.41, 5.74) is 0. The third kappa shape index (κ3) is 2.73. The van der Waals surface area contributed by atoms with E-state index in [1.165, 1.54) is 6.42 Å². The van der Waals surface area contributed by atoms with Crippen molar-refractivity contribution >= 4 is 21.7 Å². The largest absolute Gasteiger partial charge is 0.356 e. The third-order valence-electron chi connectivity index (χ3n) is 2.95. The van der Waals surface area contributed by atoms with E-state index in [0.29, 0.717) is 0 Å². The molecule has 1 aliphatic rings. The van der Waals surface area contributed by atoms with E-state index < -0.39 is 0 Å². The summed E-state index contributed by atoms with van der Waals surface area (Å²) in [4.78, 5) is 11.4. The lowest BCUT2D eigenvalue weighted by atomic mass is 10.2. The van der Waals surface area contributed by atoms with Crippen LogP contribution in [0.2, 0.25) is 0 Å². The fourth-order valence-corrected chi connectivity index (χ4v) is 2.50. The first kappa shape index (κ1) is 11.8. The molecule has 16 heavy (non-hydrogen) atoms. The van der Waals surface area contributed by atoms with Crippen LogP contribution < -0.4 is 4.90 Å². The van der Waals surface area contributed by atoms with Crippen LogP contribution in [0.25, 0.3) is 0 Å². The fraction of sp³-hybridized carbons (Fsp3) is 0.667. The minimum absolute atomic E-state index is 0.781. The van der Waals surface area contributed by atoms with E-state index >= 15 is 0 Å². The Balaban J connectivity index is 2.20. The molecule has 0 radical (unpaired) electrons. The van der Waals surface area contributed by atoms with Crippen LogP contribution in [0.5, 0.6) is 0 Å². The molecule has 1 unspecified atom stereocenters. The van der Waals surface area contributed by atoms with Gasteiger partial charge in [0.1, 0.15) is 16.2 Å². The van der Waals surface area contributed by atoms with Crippen LogP contribution in [0.4, 0.5) is 5.82 Å². The summed E-state index contributed by atoms with van der Waals surface area (Å²) >= 11 is 3.47. The number of nitrogens with zero attached hydrogens (tertiary/aromatic N) is 3. The molecule has 88 valence electrons. The van der Waals surface area contributed by atoms with Crippen molar-refractivity contribution < 1.29 is 0 Å². The number of aromatic nitrogens is 2. The molecule has 0 amide bonds. The minimum atomic E-state index is 0.781. The first-order valence-electron chi connectivity index (χ1n) is 5.97. The van der Waals surface area contributed by atoms with Gasteiger partial charge in [0.2, 0.25) is 0 Å². The van der Waals surface area contributed by atoms with Gasteiger partial charge in [-0.15, -0.1) is 0 Å². The Bertz CT molecular complexity index is 367. The molecule has 1 fully saturated rings. The van der Waals surface area contributed by atoms with Crippen LogP contribution in [0.15, 0.2) is 10.7 Å². The lowest BCUT2D eigenvalue weighted by Gasteiger charge is -2.17. The first-order chi connectivity index (χ1) is 7.69. The van der Waals surface area contributed by atoms with Crippen LogP contribution in [0.3, 0.4) is 0 Å². The first-order valence-corrected chi connectivity index (χ1v) is 6.76. The number of hydrogen-bond acceptors (Lipinski definition) is 3. The van der Waals surface area contributed by atoms with Gasteiger partial charge < -0.3 is 4.90 Å². The maximum Gasteiger partial charge on any atom is 0.133 e. The maximum atomic E-state index is 4.62. The Morgan fingerprint density at radius 1 is 1.50 bits per heavy atom. The molecule has 0 aliphatic carbocycles. The van der Waals surface area contributed by atoms with Crippen LogP contribution in [-0.4, -0.2) is 23.1 Å². The summed E-state index contributed by atoms with van der Waals surface area (Å²) in [6.45, 7) is 6.69. The number of anilines is 1. The fourth-order valence-electron chi connectivity index (χ4n) is 2.09. The van der Waals surface area contributed by atoms with E-state index in [1.54, 1.807) is 0 Å². The van der Waals surface area contributed by atoms with Crippen molar-refractivity contribution in [3.8, 4) is 0 Å². The van der Waals surface area contributed by atoms with Gasteiger partial charge in [0.25, 0.3) is 0 Å². The molecule has 0 aromatic carbocycles. The number of hydrogen-bond donors (Lipinski definition) is 0.